The molecule has 2 aliphatic heterocycles. The standard InChI is InChI=1S/C32H32F8N6O6/c1-3-20-14-22(26-23(4-5-25(44-26)50-2)46(20)29(49)52-16-30(33,34)27(47)48)43-28-41-15-24(45-6-8-51-9-7-45)21(42-28)12-17-10-18(31(35,36)37)13-19(11-17)32(38,39)40/h4-5,10-11,13,15,20,22H,3,6-9,12,14,16H2,1-2H3,(H,47,48)(H,41,42,43)/t20-,22+/m1/s1. The zero-order chi connectivity index (χ0) is 38.0. The number of morpholine rings is 1. The number of fused-ring (bicyclic) bond motifs is 1. The van der Waals surface area contributed by atoms with Crippen LogP contribution in [0.25, 0.3) is 0 Å². The fourth-order valence-electron chi connectivity index (χ4n) is 5.87. The number of ether oxygens (including phenoxy) is 3. The largest absolute Gasteiger partial charge is 0.481 e. The average molecular weight is 749 g/mol. The average Bonchev–Trinajstić information content (AvgIpc) is 3.09. The monoisotopic (exact) mass is 748 g/mol. The predicted molar refractivity (Wildman–Crippen MR) is 167 cm³/mol. The zero-order valence-corrected chi connectivity index (χ0v) is 27.5. The lowest BCUT2D eigenvalue weighted by molar-refractivity contribution is -0.170. The Labute approximate surface area is 290 Å². The summed E-state index contributed by atoms with van der Waals surface area (Å²) in [6, 6.07) is 2.61. The van der Waals surface area contributed by atoms with Crippen molar-refractivity contribution < 1.29 is 64.0 Å². The number of hydrogen-bond donors (Lipinski definition) is 2. The van der Waals surface area contributed by atoms with Crippen LogP contribution in [0.3, 0.4) is 0 Å². The highest BCUT2D eigenvalue weighted by atomic mass is 19.4. The SMILES string of the molecule is CC[C@@H]1C[C@H](Nc2ncc(N3CCOCC3)c(Cc3cc(C(F)(F)F)cc(C(F)(F)F)c3)n2)c2nc(OC)ccc2N1C(=O)OCC(F)(F)C(=O)O. The van der Waals surface area contributed by atoms with E-state index in [2.05, 4.69) is 20.3 Å². The highest BCUT2D eigenvalue weighted by Gasteiger charge is 2.43. The molecule has 282 valence electrons. The van der Waals surface area contributed by atoms with Crippen LogP contribution in [0, 0.1) is 0 Å². The molecule has 20 heteroatoms. The molecule has 2 atom stereocenters. The first-order valence-corrected chi connectivity index (χ1v) is 15.8. The number of aliphatic carboxylic acids is 1. The topological polar surface area (TPSA) is 139 Å². The Hall–Kier alpha value is -5.01. The fourth-order valence-corrected chi connectivity index (χ4v) is 5.87. The maximum atomic E-state index is 13.8. The van der Waals surface area contributed by atoms with E-state index in [0.717, 1.165) is 4.90 Å². The molecule has 0 saturated carbocycles. The summed E-state index contributed by atoms with van der Waals surface area (Å²) < 4.78 is 125. The summed E-state index contributed by atoms with van der Waals surface area (Å²) in [7, 11) is 1.33. The van der Waals surface area contributed by atoms with E-state index in [9.17, 15) is 44.7 Å². The van der Waals surface area contributed by atoms with E-state index in [4.69, 9.17) is 19.3 Å². The summed E-state index contributed by atoms with van der Waals surface area (Å²) in [5, 5.41) is 11.8. The first kappa shape index (κ1) is 38.2. The first-order chi connectivity index (χ1) is 24.4. The lowest BCUT2D eigenvalue weighted by Crippen LogP contribution is -2.47. The van der Waals surface area contributed by atoms with Crippen LogP contribution in [-0.4, -0.2) is 84.1 Å². The van der Waals surface area contributed by atoms with E-state index in [1.54, 1.807) is 11.8 Å². The first-order valence-electron chi connectivity index (χ1n) is 15.8. The van der Waals surface area contributed by atoms with Gasteiger partial charge in [0.25, 0.3) is 0 Å². The van der Waals surface area contributed by atoms with Crippen molar-refractivity contribution in [1.29, 1.82) is 0 Å². The quantitative estimate of drug-likeness (QED) is 0.225. The van der Waals surface area contributed by atoms with Crippen LogP contribution < -0.4 is 19.9 Å². The van der Waals surface area contributed by atoms with Crippen LogP contribution in [-0.2, 0) is 33.0 Å². The van der Waals surface area contributed by atoms with Gasteiger partial charge in [-0.2, -0.15) is 35.1 Å². The van der Waals surface area contributed by atoms with E-state index in [-0.39, 0.29) is 53.4 Å². The third kappa shape index (κ3) is 8.54. The van der Waals surface area contributed by atoms with E-state index in [1.807, 2.05) is 0 Å². The molecule has 0 radical (unpaired) electrons. The fraction of sp³-hybridized carbons (Fsp3) is 0.469. The number of nitrogens with zero attached hydrogens (tertiary/aromatic N) is 5. The molecule has 12 nitrogen and oxygen atoms in total. The number of anilines is 3. The number of alkyl halides is 8. The van der Waals surface area contributed by atoms with E-state index in [1.165, 1.54) is 25.4 Å². The van der Waals surface area contributed by atoms with Gasteiger partial charge >= 0.3 is 30.3 Å². The summed E-state index contributed by atoms with van der Waals surface area (Å²) in [4.78, 5) is 40.2. The van der Waals surface area contributed by atoms with Crippen LogP contribution in [0.4, 0.5) is 57.2 Å². The predicted octanol–water partition coefficient (Wildman–Crippen LogP) is 6.34. The molecule has 1 fully saturated rings. The van der Waals surface area contributed by atoms with Gasteiger partial charge < -0.3 is 29.5 Å². The van der Waals surface area contributed by atoms with E-state index in [0.29, 0.717) is 44.1 Å². The van der Waals surface area contributed by atoms with Crippen LogP contribution in [0.1, 0.15) is 53.9 Å². The second-order valence-corrected chi connectivity index (χ2v) is 11.9. The number of carboxylic acid groups (broad SMARTS) is 1. The number of carbonyl (C=O) groups excluding carboxylic acids is 1. The Morgan fingerprint density at radius 3 is 2.21 bits per heavy atom. The summed E-state index contributed by atoms with van der Waals surface area (Å²) in [5.74, 6) is -6.80. The molecule has 0 unspecified atom stereocenters. The number of hydrogen-bond acceptors (Lipinski definition) is 10. The maximum absolute atomic E-state index is 13.8. The van der Waals surface area contributed by atoms with Crippen molar-refractivity contribution in [3.8, 4) is 5.88 Å². The number of carboxylic acids is 1. The van der Waals surface area contributed by atoms with Crippen molar-refractivity contribution in [2.45, 2.75) is 56.5 Å². The van der Waals surface area contributed by atoms with Crippen molar-refractivity contribution >= 4 is 29.4 Å². The van der Waals surface area contributed by atoms with Crippen LogP contribution in [0.5, 0.6) is 5.88 Å². The van der Waals surface area contributed by atoms with Gasteiger partial charge in [-0.15, -0.1) is 0 Å². The van der Waals surface area contributed by atoms with Gasteiger partial charge in [0.05, 0.1) is 66.5 Å². The normalized spacial score (nSPS) is 18.1. The van der Waals surface area contributed by atoms with E-state index >= 15 is 0 Å². The molecule has 1 amide bonds. The van der Waals surface area contributed by atoms with Gasteiger partial charge in [-0.05, 0) is 42.7 Å². The van der Waals surface area contributed by atoms with Crippen molar-refractivity contribution in [2.75, 3.05) is 55.1 Å². The van der Waals surface area contributed by atoms with Crippen LogP contribution >= 0.6 is 0 Å². The van der Waals surface area contributed by atoms with Gasteiger partial charge in [0.15, 0.2) is 6.61 Å². The summed E-state index contributed by atoms with van der Waals surface area (Å²) in [6.45, 7) is 1.28. The molecular weight excluding hydrogens is 716 g/mol. The van der Waals surface area contributed by atoms with Crippen LogP contribution in [0.2, 0.25) is 0 Å². The summed E-state index contributed by atoms with van der Waals surface area (Å²) in [5.41, 5.74) is -2.52. The summed E-state index contributed by atoms with van der Waals surface area (Å²) in [6.07, 6.45) is -10.1. The molecule has 1 aromatic carbocycles. The third-order valence-corrected chi connectivity index (χ3v) is 8.43. The molecule has 2 N–H and O–H groups in total. The van der Waals surface area contributed by atoms with E-state index < -0.39 is 66.6 Å². The Kier molecular flexibility index (Phi) is 11.0. The van der Waals surface area contributed by atoms with Crippen molar-refractivity contribution in [1.82, 2.24) is 15.0 Å². The molecule has 1 saturated heterocycles. The van der Waals surface area contributed by atoms with Gasteiger partial charge in [-0.3, -0.25) is 4.90 Å². The molecule has 0 aliphatic carbocycles. The van der Waals surface area contributed by atoms with Crippen molar-refractivity contribution in [3.05, 3.63) is 64.6 Å². The number of methoxy groups -OCH3 is 1. The van der Waals surface area contributed by atoms with Crippen LogP contribution in [0.15, 0.2) is 36.5 Å². The number of benzene rings is 1. The highest BCUT2D eigenvalue weighted by Crippen LogP contribution is 2.41. The Balaban J connectivity index is 1.52. The number of rotatable bonds is 10. The number of pyridine rings is 1. The van der Waals surface area contributed by atoms with Gasteiger partial charge in [0.2, 0.25) is 11.8 Å². The molecule has 2 aromatic heterocycles. The van der Waals surface area contributed by atoms with Gasteiger partial charge in [-0.25, -0.2) is 24.5 Å². The minimum Gasteiger partial charge on any atom is -0.481 e. The number of aromatic nitrogens is 3. The lowest BCUT2D eigenvalue weighted by atomic mass is 9.93. The van der Waals surface area contributed by atoms with Crippen molar-refractivity contribution in [2.24, 2.45) is 0 Å². The Bertz CT molecular complexity index is 1750. The Morgan fingerprint density at radius 1 is 0.981 bits per heavy atom. The number of carbonyl (C=O) groups is 2. The minimum absolute atomic E-state index is 0.0437. The van der Waals surface area contributed by atoms with Gasteiger partial charge in [-0.1, -0.05) is 6.92 Å². The second-order valence-electron chi connectivity index (χ2n) is 11.9. The number of nitrogens with one attached hydrogen (secondary N) is 1. The minimum atomic E-state index is -5.06. The van der Waals surface area contributed by atoms with Crippen molar-refractivity contribution in [3.63, 3.8) is 0 Å². The zero-order valence-electron chi connectivity index (χ0n) is 27.5. The summed E-state index contributed by atoms with van der Waals surface area (Å²) >= 11 is 0. The number of amides is 1. The third-order valence-electron chi connectivity index (χ3n) is 8.43. The lowest BCUT2D eigenvalue weighted by Gasteiger charge is -2.39. The van der Waals surface area contributed by atoms with Gasteiger partial charge in [0, 0.05) is 31.6 Å². The molecule has 0 spiro atoms. The molecular formula is C32H32F8N6O6. The molecule has 3 aromatic rings. The molecule has 5 rings (SSSR count). The second kappa shape index (κ2) is 14.9. The molecule has 0 bridgehead atoms. The maximum Gasteiger partial charge on any atom is 0.416 e. The molecule has 2 aliphatic rings. The highest BCUT2D eigenvalue weighted by molar-refractivity contribution is 5.90. The Morgan fingerprint density at radius 2 is 1.63 bits per heavy atom. The number of halogens is 8. The van der Waals surface area contributed by atoms with Gasteiger partial charge in [0.1, 0.15) is 0 Å². The molecule has 4 heterocycles. The molecule has 52 heavy (non-hydrogen) atoms. The smallest absolute Gasteiger partial charge is 0.416 e.